The van der Waals surface area contributed by atoms with Crippen LogP contribution in [0.2, 0.25) is 10.0 Å². The topological polar surface area (TPSA) is 63.7 Å². The van der Waals surface area contributed by atoms with Crippen molar-refractivity contribution in [3.05, 3.63) is 56.0 Å². The maximum atomic E-state index is 12.8. The highest BCUT2D eigenvalue weighted by Crippen LogP contribution is 2.33. The number of benzene rings is 2. The van der Waals surface area contributed by atoms with E-state index in [-0.39, 0.29) is 26.3 Å². The van der Waals surface area contributed by atoms with Crippen LogP contribution in [-0.4, -0.2) is 31.8 Å². The standard InChI is InChI=1S/C18H16BrCl2NO4S/c1-11-8-13(19)10-15(21)17(11)26-18(23)12-4-5-14(20)16(9-12)27(24,25)22-6-2-3-7-22/h4-5,8-10H,2-3,6-7H2,1H3. The lowest BCUT2D eigenvalue weighted by Gasteiger charge is -2.17. The summed E-state index contributed by atoms with van der Waals surface area (Å²) in [5.41, 5.74) is 0.747. The summed E-state index contributed by atoms with van der Waals surface area (Å²) in [5, 5.41) is 0.338. The molecule has 144 valence electrons. The largest absolute Gasteiger partial charge is 0.421 e. The highest BCUT2D eigenvalue weighted by atomic mass is 79.9. The monoisotopic (exact) mass is 491 g/mol. The van der Waals surface area contributed by atoms with Gasteiger partial charge in [0.2, 0.25) is 10.0 Å². The second-order valence-corrected chi connectivity index (χ2v) is 9.82. The lowest BCUT2D eigenvalue weighted by atomic mass is 10.2. The number of sulfonamides is 1. The fourth-order valence-electron chi connectivity index (χ4n) is 2.87. The van der Waals surface area contributed by atoms with E-state index in [1.807, 2.05) is 0 Å². The molecular formula is C18H16BrCl2NO4S. The van der Waals surface area contributed by atoms with E-state index in [1.165, 1.54) is 22.5 Å². The number of esters is 1. The van der Waals surface area contributed by atoms with E-state index < -0.39 is 16.0 Å². The summed E-state index contributed by atoms with van der Waals surface area (Å²) >= 11 is 15.6. The van der Waals surface area contributed by atoms with Crippen molar-refractivity contribution in [3.8, 4) is 5.75 Å². The smallest absolute Gasteiger partial charge is 0.343 e. The highest BCUT2D eigenvalue weighted by molar-refractivity contribution is 9.10. The van der Waals surface area contributed by atoms with Crippen LogP contribution in [0.1, 0.15) is 28.8 Å². The molecule has 9 heteroatoms. The predicted molar refractivity (Wildman–Crippen MR) is 108 cm³/mol. The summed E-state index contributed by atoms with van der Waals surface area (Å²) < 4.78 is 33.1. The average Bonchev–Trinajstić information content (AvgIpc) is 3.13. The third-order valence-electron chi connectivity index (χ3n) is 4.24. The maximum absolute atomic E-state index is 12.8. The molecule has 2 aromatic carbocycles. The van der Waals surface area contributed by atoms with Crippen LogP contribution in [-0.2, 0) is 10.0 Å². The van der Waals surface area contributed by atoms with E-state index in [4.69, 9.17) is 27.9 Å². The van der Waals surface area contributed by atoms with Gasteiger partial charge in [0.25, 0.3) is 0 Å². The Balaban J connectivity index is 1.93. The van der Waals surface area contributed by atoms with Crippen LogP contribution in [0.5, 0.6) is 5.75 Å². The van der Waals surface area contributed by atoms with Crippen LogP contribution < -0.4 is 4.74 Å². The minimum absolute atomic E-state index is 0.0660. The molecule has 0 radical (unpaired) electrons. The third kappa shape index (κ3) is 4.32. The summed E-state index contributed by atoms with van der Waals surface area (Å²) in [5.74, 6) is -0.486. The second kappa shape index (κ2) is 8.09. The Morgan fingerprint density at radius 1 is 1.11 bits per heavy atom. The quantitative estimate of drug-likeness (QED) is 0.441. The van der Waals surface area contributed by atoms with E-state index >= 15 is 0 Å². The van der Waals surface area contributed by atoms with Crippen molar-refractivity contribution in [2.75, 3.05) is 13.1 Å². The summed E-state index contributed by atoms with van der Waals surface area (Å²) in [6, 6.07) is 7.44. The molecule has 0 N–H and O–H groups in total. The summed E-state index contributed by atoms with van der Waals surface area (Å²) in [7, 11) is -3.76. The molecule has 1 fully saturated rings. The Morgan fingerprint density at radius 2 is 1.78 bits per heavy atom. The van der Waals surface area contributed by atoms with Crippen molar-refractivity contribution >= 4 is 55.1 Å². The molecule has 0 bridgehead atoms. The molecule has 0 aromatic heterocycles. The van der Waals surface area contributed by atoms with Gasteiger partial charge in [0.1, 0.15) is 4.90 Å². The average molecular weight is 493 g/mol. The molecule has 0 amide bonds. The van der Waals surface area contributed by atoms with Crippen LogP contribution >= 0.6 is 39.1 Å². The highest BCUT2D eigenvalue weighted by Gasteiger charge is 2.30. The first kappa shape index (κ1) is 20.6. The van der Waals surface area contributed by atoms with Gasteiger partial charge in [-0.3, -0.25) is 0 Å². The zero-order valence-electron chi connectivity index (χ0n) is 14.3. The molecule has 3 rings (SSSR count). The number of nitrogens with zero attached hydrogens (tertiary/aromatic N) is 1. The minimum atomic E-state index is -3.76. The van der Waals surface area contributed by atoms with Gasteiger partial charge >= 0.3 is 5.97 Å². The zero-order chi connectivity index (χ0) is 19.8. The van der Waals surface area contributed by atoms with Crippen molar-refractivity contribution in [2.24, 2.45) is 0 Å². The van der Waals surface area contributed by atoms with Gasteiger partial charge in [-0.1, -0.05) is 39.1 Å². The van der Waals surface area contributed by atoms with E-state index in [2.05, 4.69) is 15.9 Å². The van der Waals surface area contributed by atoms with Crippen molar-refractivity contribution in [2.45, 2.75) is 24.7 Å². The molecule has 1 aliphatic heterocycles. The van der Waals surface area contributed by atoms with Gasteiger partial charge < -0.3 is 4.74 Å². The zero-order valence-corrected chi connectivity index (χ0v) is 18.3. The first-order valence-electron chi connectivity index (χ1n) is 8.17. The van der Waals surface area contributed by atoms with E-state index in [0.717, 1.165) is 17.3 Å². The Labute approximate surface area is 176 Å². The molecule has 0 aliphatic carbocycles. The molecule has 1 heterocycles. The Morgan fingerprint density at radius 3 is 2.41 bits per heavy atom. The van der Waals surface area contributed by atoms with Gasteiger partial charge in [-0.05, 0) is 55.7 Å². The number of hydrogen-bond acceptors (Lipinski definition) is 4. The number of hydrogen-bond donors (Lipinski definition) is 0. The summed E-state index contributed by atoms with van der Waals surface area (Å²) in [6.45, 7) is 2.65. The normalized spacial score (nSPS) is 15.1. The van der Waals surface area contributed by atoms with Gasteiger partial charge in [0.05, 0.1) is 15.6 Å². The van der Waals surface area contributed by atoms with Crippen molar-refractivity contribution in [1.29, 1.82) is 0 Å². The lowest BCUT2D eigenvalue weighted by Crippen LogP contribution is -2.28. The molecule has 0 unspecified atom stereocenters. The first-order valence-corrected chi connectivity index (χ1v) is 11.2. The van der Waals surface area contributed by atoms with Crippen molar-refractivity contribution in [3.63, 3.8) is 0 Å². The van der Waals surface area contributed by atoms with E-state index in [9.17, 15) is 13.2 Å². The number of carbonyl (C=O) groups excluding carboxylic acids is 1. The molecule has 0 atom stereocenters. The van der Waals surface area contributed by atoms with Crippen LogP contribution in [0.15, 0.2) is 39.7 Å². The fraction of sp³-hybridized carbons (Fsp3) is 0.278. The number of ether oxygens (including phenoxy) is 1. The summed E-state index contributed by atoms with van der Waals surface area (Å²) in [6.07, 6.45) is 1.61. The molecule has 27 heavy (non-hydrogen) atoms. The van der Waals surface area contributed by atoms with Crippen LogP contribution in [0.3, 0.4) is 0 Å². The molecule has 5 nitrogen and oxygen atoms in total. The summed E-state index contributed by atoms with van der Waals surface area (Å²) in [4.78, 5) is 12.5. The van der Waals surface area contributed by atoms with Gasteiger partial charge in [0.15, 0.2) is 5.75 Å². The van der Waals surface area contributed by atoms with Gasteiger partial charge in [-0.15, -0.1) is 0 Å². The van der Waals surface area contributed by atoms with Crippen LogP contribution in [0.4, 0.5) is 0 Å². The SMILES string of the molecule is Cc1cc(Br)cc(Cl)c1OC(=O)c1ccc(Cl)c(S(=O)(=O)N2CCCC2)c1. The fourth-order valence-corrected chi connectivity index (χ4v) is 5.89. The lowest BCUT2D eigenvalue weighted by molar-refractivity contribution is 0.0733. The maximum Gasteiger partial charge on any atom is 0.343 e. The number of rotatable bonds is 4. The molecule has 2 aromatic rings. The second-order valence-electron chi connectivity index (χ2n) is 6.18. The van der Waals surface area contributed by atoms with Crippen molar-refractivity contribution in [1.82, 2.24) is 4.31 Å². The number of halogens is 3. The van der Waals surface area contributed by atoms with Gasteiger partial charge in [-0.2, -0.15) is 4.31 Å². The Bertz CT molecular complexity index is 981. The molecule has 0 saturated carbocycles. The molecule has 1 aliphatic rings. The molecule has 1 saturated heterocycles. The number of carbonyl (C=O) groups is 1. The molecule has 0 spiro atoms. The van der Waals surface area contributed by atoms with E-state index in [0.29, 0.717) is 18.7 Å². The van der Waals surface area contributed by atoms with E-state index in [1.54, 1.807) is 19.1 Å². The van der Waals surface area contributed by atoms with Crippen molar-refractivity contribution < 1.29 is 17.9 Å². The van der Waals surface area contributed by atoms with Crippen LogP contribution in [0, 0.1) is 6.92 Å². The Kier molecular flexibility index (Phi) is 6.17. The number of aryl methyl sites for hydroxylation is 1. The first-order chi connectivity index (χ1) is 12.7. The van der Waals surface area contributed by atoms with Gasteiger partial charge in [0, 0.05) is 17.6 Å². The predicted octanol–water partition coefficient (Wildman–Crippen LogP) is 5.07. The minimum Gasteiger partial charge on any atom is -0.421 e. The molecular weight excluding hydrogens is 477 g/mol. The third-order valence-corrected chi connectivity index (χ3v) is 7.36. The van der Waals surface area contributed by atoms with Crippen LogP contribution in [0.25, 0.3) is 0 Å². The Hall–Kier alpha value is -1.12. The van der Waals surface area contributed by atoms with Gasteiger partial charge in [-0.25, -0.2) is 13.2 Å².